The fourth-order valence-corrected chi connectivity index (χ4v) is 2.79. The SMILES string of the molecule is COc1ccc(-n2nnc(C(=O)Nc3cccc(C(F)(F)F)c3)c2C)cc1Cl. The van der Waals surface area contributed by atoms with E-state index in [0.29, 0.717) is 22.2 Å². The van der Waals surface area contributed by atoms with Crippen LogP contribution in [0.25, 0.3) is 5.69 Å². The molecule has 1 amide bonds. The van der Waals surface area contributed by atoms with Crippen LogP contribution in [0.2, 0.25) is 5.02 Å². The molecular formula is C18H14ClF3N4O2. The van der Waals surface area contributed by atoms with Gasteiger partial charge in [0.25, 0.3) is 5.91 Å². The Balaban J connectivity index is 1.86. The third kappa shape index (κ3) is 3.94. The summed E-state index contributed by atoms with van der Waals surface area (Å²) in [6.07, 6.45) is -4.51. The van der Waals surface area contributed by atoms with Gasteiger partial charge in [-0.2, -0.15) is 13.2 Å². The van der Waals surface area contributed by atoms with E-state index in [-0.39, 0.29) is 11.4 Å². The van der Waals surface area contributed by atoms with E-state index in [2.05, 4.69) is 15.6 Å². The molecule has 1 heterocycles. The number of nitrogens with zero attached hydrogens (tertiary/aromatic N) is 3. The molecule has 0 spiro atoms. The number of carbonyl (C=O) groups is 1. The van der Waals surface area contributed by atoms with Crippen molar-refractivity contribution in [1.82, 2.24) is 15.0 Å². The van der Waals surface area contributed by atoms with Gasteiger partial charge in [-0.15, -0.1) is 5.10 Å². The summed E-state index contributed by atoms with van der Waals surface area (Å²) < 4.78 is 44.9. The molecule has 28 heavy (non-hydrogen) atoms. The van der Waals surface area contributed by atoms with E-state index in [1.54, 1.807) is 25.1 Å². The molecule has 2 aromatic carbocycles. The lowest BCUT2D eigenvalue weighted by atomic mass is 10.2. The largest absolute Gasteiger partial charge is 0.495 e. The maximum Gasteiger partial charge on any atom is 0.416 e. The van der Waals surface area contributed by atoms with Gasteiger partial charge in [-0.25, -0.2) is 4.68 Å². The third-order valence-electron chi connectivity index (χ3n) is 3.94. The minimum Gasteiger partial charge on any atom is -0.495 e. The van der Waals surface area contributed by atoms with E-state index >= 15 is 0 Å². The summed E-state index contributed by atoms with van der Waals surface area (Å²) in [5, 5.41) is 10.5. The topological polar surface area (TPSA) is 69.0 Å². The van der Waals surface area contributed by atoms with E-state index < -0.39 is 17.6 Å². The molecule has 0 aliphatic heterocycles. The van der Waals surface area contributed by atoms with Gasteiger partial charge in [-0.3, -0.25) is 4.79 Å². The van der Waals surface area contributed by atoms with Gasteiger partial charge in [0.15, 0.2) is 5.69 Å². The molecule has 0 atom stereocenters. The second-order valence-electron chi connectivity index (χ2n) is 5.79. The van der Waals surface area contributed by atoms with Gasteiger partial charge in [0.05, 0.1) is 29.1 Å². The Hall–Kier alpha value is -3.07. The molecule has 10 heteroatoms. The first kappa shape index (κ1) is 19.7. The maximum absolute atomic E-state index is 12.8. The normalized spacial score (nSPS) is 11.4. The van der Waals surface area contributed by atoms with Crippen molar-refractivity contribution in [3.63, 3.8) is 0 Å². The number of hydrogen-bond acceptors (Lipinski definition) is 4. The molecular weight excluding hydrogens is 397 g/mol. The third-order valence-corrected chi connectivity index (χ3v) is 4.23. The average molecular weight is 411 g/mol. The molecule has 0 saturated carbocycles. The zero-order valence-electron chi connectivity index (χ0n) is 14.7. The monoisotopic (exact) mass is 410 g/mol. The second-order valence-corrected chi connectivity index (χ2v) is 6.19. The van der Waals surface area contributed by atoms with Gasteiger partial charge in [0, 0.05) is 5.69 Å². The highest BCUT2D eigenvalue weighted by atomic mass is 35.5. The van der Waals surface area contributed by atoms with E-state index in [1.807, 2.05) is 0 Å². The molecule has 0 aliphatic rings. The summed E-state index contributed by atoms with van der Waals surface area (Å²) in [6, 6.07) is 9.25. The molecule has 0 fully saturated rings. The molecule has 0 unspecified atom stereocenters. The van der Waals surface area contributed by atoms with Crippen LogP contribution in [0.3, 0.4) is 0 Å². The molecule has 0 saturated heterocycles. The number of benzene rings is 2. The molecule has 1 aromatic heterocycles. The Labute approximate surface area is 162 Å². The molecule has 3 rings (SSSR count). The lowest BCUT2D eigenvalue weighted by Crippen LogP contribution is -2.15. The summed E-state index contributed by atoms with van der Waals surface area (Å²) in [6.45, 7) is 1.61. The lowest BCUT2D eigenvalue weighted by molar-refractivity contribution is -0.137. The smallest absolute Gasteiger partial charge is 0.416 e. The number of amides is 1. The molecule has 0 bridgehead atoms. The van der Waals surface area contributed by atoms with Gasteiger partial charge < -0.3 is 10.1 Å². The molecule has 0 radical (unpaired) electrons. The molecule has 1 N–H and O–H groups in total. The highest BCUT2D eigenvalue weighted by Gasteiger charge is 2.30. The first-order valence-electron chi connectivity index (χ1n) is 7.95. The van der Waals surface area contributed by atoms with E-state index in [9.17, 15) is 18.0 Å². The number of methoxy groups -OCH3 is 1. The number of halogens is 4. The molecule has 3 aromatic rings. The molecule has 146 valence electrons. The number of hydrogen-bond donors (Lipinski definition) is 1. The first-order valence-corrected chi connectivity index (χ1v) is 8.33. The zero-order valence-corrected chi connectivity index (χ0v) is 15.5. The van der Waals surface area contributed by atoms with Crippen LogP contribution < -0.4 is 10.1 Å². The Morgan fingerprint density at radius 3 is 2.61 bits per heavy atom. The number of ether oxygens (including phenoxy) is 1. The van der Waals surface area contributed by atoms with Crippen molar-refractivity contribution in [1.29, 1.82) is 0 Å². The summed E-state index contributed by atoms with van der Waals surface area (Å²) in [5.41, 5.74) is 0.0591. The van der Waals surface area contributed by atoms with Crippen LogP contribution in [-0.4, -0.2) is 28.0 Å². The minimum absolute atomic E-state index is 0.00117. The summed E-state index contributed by atoms with van der Waals surface area (Å²) in [5.74, 6) is -0.201. The van der Waals surface area contributed by atoms with Crippen molar-refractivity contribution in [2.45, 2.75) is 13.1 Å². The number of aromatic nitrogens is 3. The standard InChI is InChI=1S/C18H14ClF3N4O2/c1-10-16(17(27)23-12-5-3-4-11(8-12)18(20,21)22)24-25-26(10)13-6-7-15(28-2)14(19)9-13/h3-9H,1-2H3,(H,23,27). The van der Waals surface area contributed by atoms with Crippen molar-refractivity contribution in [2.75, 3.05) is 12.4 Å². The van der Waals surface area contributed by atoms with Crippen molar-refractivity contribution < 1.29 is 22.7 Å². The predicted molar refractivity (Wildman–Crippen MR) is 97.1 cm³/mol. The summed E-state index contributed by atoms with van der Waals surface area (Å²) >= 11 is 6.10. The fourth-order valence-electron chi connectivity index (χ4n) is 2.53. The van der Waals surface area contributed by atoms with Crippen LogP contribution in [0.15, 0.2) is 42.5 Å². The maximum atomic E-state index is 12.8. The Bertz CT molecular complexity index is 1030. The molecule has 6 nitrogen and oxygen atoms in total. The van der Waals surface area contributed by atoms with Crippen molar-refractivity contribution in [2.24, 2.45) is 0 Å². The summed E-state index contributed by atoms with van der Waals surface area (Å²) in [4.78, 5) is 12.5. The van der Waals surface area contributed by atoms with Gasteiger partial charge in [-0.1, -0.05) is 22.9 Å². The van der Waals surface area contributed by atoms with Crippen LogP contribution in [0.1, 0.15) is 21.7 Å². The number of nitrogens with one attached hydrogen (secondary N) is 1. The van der Waals surface area contributed by atoms with Gasteiger partial charge in [0.2, 0.25) is 0 Å². The van der Waals surface area contributed by atoms with E-state index in [1.165, 1.54) is 23.9 Å². The Kier molecular flexibility index (Phi) is 5.28. The van der Waals surface area contributed by atoms with Crippen LogP contribution in [0.5, 0.6) is 5.75 Å². The number of anilines is 1. The number of alkyl halides is 3. The number of carbonyl (C=O) groups excluding carboxylic acids is 1. The highest BCUT2D eigenvalue weighted by molar-refractivity contribution is 6.32. The highest BCUT2D eigenvalue weighted by Crippen LogP contribution is 2.31. The quantitative estimate of drug-likeness (QED) is 0.687. The van der Waals surface area contributed by atoms with Gasteiger partial charge in [-0.05, 0) is 43.3 Å². The van der Waals surface area contributed by atoms with E-state index in [4.69, 9.17) is 16.3 Å². The first-order chi connectivity index (χ1) is 13.2. The van der Waals surface area contributed by atoms with Gasteiger partial charge >= 0.3 is 6.18 Å². The van der Waals surface area contributed by atoms with Crippen molar-refractivity contribution >= 4 is 23.2 Å². The van der Waals surface area contributed by atoms with Crippen molar-refractivity contribution in [3.05, 3.63) is 64.4 Å². The van der Waals surface area contributed by atoms with Crippen LogP contribution in [0, 0.1) is 6.92 Å². The fraction of sp³-hybridized carbons (Fsp3) is 0.167. The predicted octanol–water partition coefficient (Wildman–Crippen LogP) is 4.51. The number of rotatable bonds is 4. The van der Waals surface area contributed by atoms with Gasteiger partial charge in [0.1, 0.15) is 5.75 Å². The van der Waals surface area contributed by atoms with E-state index in [0.717, 1.165) is 12.1 Å². The minimum atomic E-state index is -4.51. The van der Waals surface area contributed by atoms with Crippen LogP contribution in [-0.2, 0) is 6.18 Å². The zero-order chi connectivity index (χ0) is 20.5. The van der Waals surface area contributed by atoms with Crippen molar-refractivity contribution in [3.8, 4) is 11.4 Å². The van der Waals surface area contributed by atoms with Crippen LogP contribution in [0.4, 0.5) is 18.9 Å². The Morgan fingerprint density at radius 1 is 1.21 bits per heavy atom. The lowest BCUT2D eigenvalue weighted by Gasteiger charge is -2.09. The van der Waals surface area contributed by atoms with Crippen LogP contribution >= 0.6 is 11.6 Å². The average Bonchev–Trinajstić information content (AvgIpc) is 3.02. The Morgan fingerprint density at radius 2 is 1.96 bits per heavy atom. The summed E-state index contributed by atoms with van der Waals surface area (Å²) in [7, 11) is 1.48. The molecule has 0 aliphatic carbocycles. The second kappa shape index (κ2) is 7.51.